The largest absolute Gasteiger partial charge is 0.382 e. The van der Waals surface area contributed by atoms with Crippen molar-refractivity contribution >= 4 is 29.2 Å². The summed E-state index contributed by atoms with van der Waals surface area (Å²) in [5.74, 6) is 1.45. The molecule has 0 aliphatic heterocycles. The van der Waals surface area contributed by atoms with E-state index in [2.05, 4.69) is 9.97 Å². The summed E-state index contributed by atoms with van der Waals surface area (Å²) in [6.07, 6.45) is 0. The van der Waals surface area contributed by atoms with Gasteiger partial charge >= 0.3 is 0 Å². The number of halogens is 1. The van der Waals surface area contributed by atoms with Crippen LogP contribution in [-0.2, 0) is 5.75 Å². The molecule has 0 saturated heterocycles. The molecular weight excluding hydrogens is 280 g/mol. The number of aryl methyl sites for hydroxylation is 1. The summed E-state index contributed by atoms with van der Waals surface area (Å²) in [5.41, 5.74) is 6.68. The Balaban J connectivity index is 2.12. The smallest absolute Gasteiger partial charge is 0.145 e. The number of nitrogens with two attached hydrogens (primary N) is 1. The van der Waals surface area contributed by atoms with Gasteiger partial charge in [-0.2, -0.15) is 5.26 Å². The maximum Gasteiger partial charge on any atom is 0.145 e. The predicted molar refractivity (Wildman–Crippen MR) is 76.9 cm³/mol. The third kappa shape index (κ3) is 3.37. The van der Waals surface area contributed by atoms with E-state index in [1.165, 1.54) is 0 Å². The Morgan fingerprint density at radius 3 is 2.58 bits per heavy atom. The molecule has 0 radical (unpaired) electrons. The topological polar surface area (TPSA) is 75.6 Å². The second-order valence-electron chi connectivity index (χ2n) is 3.84. The Morgan fingerprint density at radius 1 is 1.32 bits per heavy atom. The van der Waals surface area contributed by atoms with E-state index in [0.717, 1.165) is 4.90 Å². The van der Waals surface area contributed by atoms with E-state index in [-0.39, 0.29) is 5.82 Å². The van der Waals surface area contributed by atoms with Gasteiger partial charge in [-0.25, -0.2) is 9.97 Å². The number of nitrogen functional groups attached to an aromatic ring is 1. The summed E-state index contributed by atoms with van der Waals surface area (Å²) >= 11 is 7.41. The molecule has 4 nitrogen and oxygen atoms in total. The quantitative estimate of drug-likeness (QED) is 0.879. The average Bonchev–Trinajstić information content (AvgIpc) is 2.38. The van der Waals surface area contributed by atoms with Crippen LogP contribution in [0.15, 0.2) is 29.2 Å². The van der Waals surface area contributed by atoms with Crippen molar-refractivity contribution in [3.8, 4) is 6.07 Å². The van der Waals surface area contributed by atoms with Gasteiger partial charge in [0.15, 0.2) is 0 Å². The van der Waals surface area contributed by atoms with Crippen molar-refractivity contribution in [3.05, 3.63) is 46.4 Å². The second kappa shape index (κ2) is 5.91. The first-order valence-corrected chi connectivity index (χ1v) is 6.88. The summed E-state index contributed by atoms with van der Waals surface area (Å²) in [7, 11) is 0. The van der Waals surface area contributed by atoms with Crippen molar-refractivity contribution < 1.29 is 0 Å². The number of nitriles is 1. The van der Waals surface area contributed by atoms with Crippen LogP contribution in [0.25, 0.3) is 0 Å². The Labute approximate surface area is 120 Å². The summed E-state index contributed by atoms with van der Waals surface area (Å²) in [6, 6.07) is 9.55. The lowest BCUT2D eigenvalue weighted by atomic mass is 10.2. The van der Waals surface area contributed by atoms with Crippen LogP contribution in [0.2, 0.25) is 5.02 Å². The van der Waals surface area contributed by atoms with Gasteiger partial charge < -0.3 is 5.73 Å². The van der Waals surface area contributed by atoms with Crippen molar-refractivity contribution in [1.29, 1.82) is 5.26 Å². The number of hydrogen-bond donors (Lipinski definition) is 1. The van der Waals surface area contributed by atoms with Crippen LogP contribution >= 0.6 is 23.4 Å². The van der Waals surface area contributed by atoms with Crippen molar-refractivity contribution in [2.24, 2.45) is 0 Å². The SMILES string of the molecule is Cc1nc(CSc2ccc(Cl)cc2)nc(N)c1C#N. The molecular formula is C13H11ClN4S. The standard InChI is InChI=1S/C13H11ClN4S/c1-8-11(6-15)13(16)18-12(17-8)7-19-10-4-2-9(14)3-5-10/h2-5H,7H2,1H3,(H2,16,17,18). The minimum absolute atomic E-state index is 0.238. The molecule has 96 valence electrons. The molecule has 0 atom stereocenters. The molecule has 0 aliphatic carbocycles. The lowest BCUT2D eigenvalue weighted by Crippen LogP contribution is -2.04. The third-order valence-corrected chi connectivity index (χ3v) is 3.72. The summed E-state index contributed by atoms with van der Waals surface area (Å²) in [4.78, 5) is 9.49. The normalized spacial score (nSPS) is 10.2. The van der Waals surface area contributed by atoms with Crippen LogP contribution in [0.4, 0.5) is 5.82 Å². The van der Waals surface area contributed by atoms with Gasteiger partial charge in [-0.05, 0) is 31.2 Å². The molecule has 0 amide bonds. The maximum atomic E-state index is 8.90. The summed E-state index contributed by atoms with van der Waals surface area (Å²) < 4.78 is 0. The van der Waals surface area contributed by atoms with Crippen molar-refractivity contribution in [2.75, 3.05) is 5.73 Å². The van der Waals surface area contributed by atoms with E-state index in [1.54, 1.807) is 18.7 Å². The van der Waals surface area contributed by atoms with E-state index < -0.39 is 0 Å². The fourth-order valence-corrected chi connectivity index (χ4v) is 2.42. The van der Waals surface area contributed by atoms with E-state index >= 15 is 0 Å². The van der Waals surface area contributed by atoms with Crippen LogP contribution in [-0.4, -0.2) is 9.97 Å². The first-order chi connectivity index (χ1) is 9.10. The van der Waals surface area contributed by atoms with Crippen LogP contribution in [0, 0.1) is 18.3 Å². The van der Waals surface area contributed by atoms with Crippen molar-refractivity contribution in [2.45, 2.75) is 17.6 Å². The monoisotopic (exact) mass is 290 g/mol. The molecule has 1 aromatic carbocycles. The molecule has 0 aliphatic rings. The predicted octanol–water partition coefficient (Wildman–Crippen LogP) is 3.18. The highest BCUT2D eigenvalue weighted by molar-refractivity contribution is 7.98. The zero-order valence-electron chi connectivity index (χ0n) is 10.2. The highest BCUT2D eigenvalue weighted by Crippen LogP contribution is 2.24. The molecule has 1 aromatic heterocycles. The van der Waals surface area contributed by atoms with Gasteiger partial charge in [-0.1, -0.05) is 11.6 Å². The number of anilines is 1. The number of hydrogen-bond acceptors (Lipinski definition) is 5. The van der Waals surface area contributed by atoms with Gasteiger partial charge in [0.1, 0.15) is 23.3 Å². The Morgan fingerprint density at radius 2 is 2.00 bits per heavy atom. The summed E-state index contributed by atoms with van der Waals surface area (Å²) in [5, 5.41) is 9.60. The molecule has 0 fully saturated rings. The number of rotatable bonds is 3. The van der Waals surface area contributed by atoms with E-state index in [4.69, 9.17) is 22.6 Å². The number of benzene rings is 1. The maximum absolute atomic E-state index is 8.90. The van der Waals surface area contributed by atoms with Crippen LogP contribution in [0.1, 0.15) is 17.1 Å². The van der Waals surface area contributed by atoms with E-state index in [9.17, 15) is 0 Å². The van der Waals surface area contributed by atoms with E-state index in [0.29, 0.717) is 27.9 Å². The average molecular weight is 291 g/mol. The summed E-state index contributed by atoms with van der Waals surface area (Å²) in [6.45, 7) is 1.76. The van der Waals surface area contributed by atoms with Gasteiger partial charge in [0.05, 0.1) is 11.4 Å². The second-order valence-corrected chi connectivity index (χ2v) is 5.33. The van der Waals surface area contributed by atoms with Crippen LogP contribution in [0.5, 0.6) is 0 Å². The highest BCUT2D eigenvalue weighted by Gasteiger charge is 2.08. The van der Waals surface area contributed by atoms with Crippen molar-refractivity contribution in [3.63, 3.8) is 0 Å². The molecule has 2 aromatic rings. The molecule has 2 N–H and O–H groups in total. The Kier molecular flexibility index (Phi) is 4.25. The van der Waals surface area contributed by atoms with Crippen LogP contribution < -0.4 is 5.73 Å². The number of nitrogens with zero attached hydrogens (tertiary/aromatic N) is 3. The van der Waals surface area contributed by atoms with Gasteiger partial charge in [-0.15, -0.1) is 11.8 Å². The van der Waals surface area contributed by atoms with Gasteiger partial charge in [-0.3, -0.25) is 0 Å². The molecule has 2 rings (SSSR count). The lowest BCUT2D eigenvalue weighted by Gasteiger charge is -2.05. The first-order valence-electron chi connectivity index (χ1n) is 5.51. The molecule has 0 bridgehead atoms. The number of aromatic nitrogens is 2. The van der Waals surface area contributed by atoms with Crippen molar-refractivity contribution in [1.82, 2.24) is 9.97 Å². The zero-order valence-corrected chi connectivity index (χ0v) is 11.8. The first kappa shape index (κ1) is 13.7. The van der Waals surface area contributed by atoms with E-state index in [1.807, 2.05) is 30.3 Å². The zero-order chi connectivity index (χ0) is 13.8. The fraction of sp³-hybridized carbons (Fsp3) is 0.154. The molecule has 0 saturated carbocycles. The molecule has 0 unspecified atom stereocenters. The Bertz CT molecular complexity index is 611. The lowest BCUT2D eigenvalue weighted by molar-refractivity contribution is 0.994. The van der Waals surface area contributed by atoms with Gasteiger partial charge in [0, 0.05) is 9.92 Å². The molecule has 19 heavy (non-hydrogen) atoms. The fourth-order valence-electron chi connectivity index (χ4n) is 1.54. The molecule has 0 spiro atoms. The van der Waals surface area contributed by atoms with Crippen LogP contribution in [0.3, 0.4) is 0 Å². The molecule has 1 heterocycles. The third-order valence-electron chi connectivity index (χ3n) is 2.46. The van der Waals surface area contributed by atoms with Gasteiger partial charge in [0.2, 0.25) is 0 Å². The number of thioether (sulfide) groups is 1. The Hall–Kier alpha value is -1.77. The molecule has 6 heteroatoms. The minimum Gasteiger partial charge on any atom is -0.382 e. The highest BCUT2D eigenvalue weighted by atomic mass is 35.5. The minimum atomic E-state index is 0.238. The van der Waals surface area contributed by atoms with Gasteiger partial charge in [0.25, 0.3) is 0 Å².